The van der Waals surface area contributed by atoms with E-state index in [4.69, 9.17) is 4.74 Å². The molecule has 1 aliphatic heterocycles. The highest BCUT2D eigenvalue weighted by Gasteiger charge is 2.32. The van der Waals surface area contributed by atoms with Crippen molar-refractivity contribution in [3.8, 4) is 0 Å². The van der Waals surface area contributed by atoms with Gasteiger partial charge in [0.05, 0.1) is 12.6 Å². The van der Waals surface area contributed by atoms with Gasteiger partial charge in [-0.05, 0) is 35.6 Å². The number of ether oxygens (including phenoxy) is 1. The van der Waals surface area contributed by atoms with Crippen molar-refractivity contribution in [1.82, 2.24) is 10.2 Å². The van der Waals surface area contributed by atoms with Crippen LogP contribution in [0.4, 0.5) is 4.79 Å². The van der Waals surface area contributed by atoms with E-state index >= 15 is 0 Å². The number of nitrogens with one attached hydrogen (secondary N) is 1. The summed E-state index contributed by atoms with van der Waals surface area (Å²) in [6.45, 7) is 3.86. The standard InChI is InChI=1S/C20H24N2O2/c1-15-7-3-5-9-17(15)19-18-10-6-4-8-16(18)11-13-22(19)20(23)21-12-14-24-2/h3-10,19H,11-14H2,1-2H3,(H,21,23). The first-order valence-corrected chi connectivity index (χ1v) is 8.39. The molecule has 0 aliphatic carbocycles. The summed E-state index contributed by atoms with van der Waals surface area (Å²) in [4.78, 5) is 14.7. The highest BCUT2D eigenvalue weighted by atomic mass is 16.5. The SMILES string of the molecule is COCCNC(=O)N1CCc2ccccc2C1c1ccccc1C. The molecule has 3 rings (SSSR count). The Bertz CT molecular complexity index is 714. The van der Waals surface area contributed by atoms with Crippen molar-refractivity contribution in [3.63, 3.8) is 0 Å². The predicted octanol–water partition coefficient (Wildman–Crippen LogP) is 3.30. The fourth-order valence-corrected chi connectivity index (χ4v) is 3.38. The molecular weight excluding hydrogens is 300 g/mol. The van der Waals surface area contributed by atoms with Crippen LogP contribution >= 0.6 is 0 Å². The molecule has 1 atom stereocenters. The summed E-state index contributed by atoms with van der Waals surface area (Å²) in [6, 6.07) is 16.7. The molecule has 0 spiro atoms. The lowest BCUT2D eigenvalue weighted by Crippen LogP contribution is -2.46. The zero-order chi connectivity index (χ0) is 16.9. The fraction of sp³-hybridized carbons (Fsp3) is 0.350. The van der Waals surface area contributed by atoms with Crippen LogP contribution < -0.4 is 5.32 Å². The van der Waals surface area contributed by atoms with Crippen LogP contribution in [0.5, 0.6) is 0 Å². The van der Waals surface area contributed by atoms with E-state index in [1.165, 1.54) is 22.3 Å². The van der Waals surface area contributed by atoms with Crippen molar-refractivity contribution in [2.75, 3.05) is 26.8 Å². The number of urea groups is 1. The molecule has 0 saturated carbocycles. The van der Waals surface area contributed by atoms with Crippen LogP contribution in [-0.2, 0) is 11.2 Å². The minimum Gasteiger partial charge on any atom is -0.383 e. The third-order valence-corrected chi connectivity index (χ3v) is 4.61. The van der Waals surface area contributed by atoms with Gasteiger partial charge in [-0.15, -0.1) is 0 Å². The second-order valence-electron chi connectivity index (χ2n) is 6.13. The number of aryl methyl sites for hydroxylation is 1. The van der Waals surface area contributed by atoms with Crippen LogP contribution in [0.15, 0.2) is 48.5 Å². The molecule has 4 heteroatoms. The van der Waals surface area contributed by atoms with E-state index in [0.29, 0.717) is 13.2 Å². The Balaban J connectivity index is 1.97. The van der Waals surface area contributed by atoms with Crippen LogP contribution in [0, 0.1) is 6.92 Å². The summed E-state index contributed by atoms with van der Waals surface area (Å²) in [6.07, 6.45) is 0.885. The summed E-state index contributed by atoms with van der Waals surface area (Å²) in [5.41, 5.74) is 4.94. The molecule has 0 aromatic heterocycles. The van der Waals surface area contributed by atoms with Crippen molar-refractivity contribution in [3.05, 3.63) is 70.8 Å². The molecule has 126 valence electrons. The topological polar surface area (TPSA) is 41.6 Å². The molecule has 4 nitrogen and oxygen atoms in total. The first-order valence-electron chi connectivity index (χ1n) is 8.39. The maximum atomic E-state index is 12.7. The van der Waals surface area contributed by atoms with Crippen molar-refractivity contribution < 1.29 is 9.53 Å². The minimum absolute atomic E-state index is 0.0326. The van der Waals surface area contributed by atoms with Gasteiger partial charge < -0.3 is 15.0 Å². The number of fused-ring (bicyclic) bond motifs is 1. The molecule has 1 unspecified atom stereocenters. The molecule has 1 aliphatic rings. The van der Waals surface area contributed by atoms with Gasteiger partial charge in [0.2, 0.25) is 0 Å². The van der Waals surface area contributed by atoms with Crippen LogP contribution in [0.2, 0.25) is 0 Å². The minimum atomic E-state index is -0.0429. The third kappa shape index (κ3) is 3.29. The maximum absolute atomic E-state index is 12.7. The number of methoxy groups -OCH3 is 1. The van der Waals surface area contributed by atoms with E-state index < -0.39 is 0 Å². The van der Waals surface area contributed by atoms with Gasteiger partial charge in [-0.3, -0.25) is 0 Å². The number of carbonyl (C=O) groups excluding carboxylic acids is 1. The first kappa shape index (κ1) is 16.5. The van der Waals surface area contributed by atoms with Crippen LogP contribution in [0.1, 0.15) is 28.3 Å². The highest BCUT2D eigenvalue weighted by Crippen LogP contribution is 2.36. The monoisotopic (exact) mass is 324 g/mol. The van der Waals surface area contributed by atoms with E-state index in [0.717, 1.165) is 13.0 Å². The van der Waals surface area contributed by atoms with Gasteiger partial charge >= 0.3 is 6.03 Å². The molecule has 1 heterocycles. The van der Waals surface area contributed by atoms with E-state index in [1.54, 1.807) is 7.11 Å². The highest BCUT2D eigenvalue weighted by molar-refractivity contribution is 5.76. The Hall–Kier alpha value is -2.33. The summed E-state index contributed by atoms with van der Waals surface area (Å²) in [7, 11) is 1.64. The van der Waals surface area contributed by atoms with Crippen LogP contribution in [-0.4, -0.2) is 37.7 Å². The lowest BCUT2D eigenvalue weighted by atomic mass is 9.86. The number of nitrogens with zero attached hydrogens (tertiary/aromatic N) is 1. The Kier molecular flexibility index (Phi) is 5.16. The molecule has 2 aromatic carbocycles. The summed E-state index contributed by atoms with van der Waals surface area (Å²) < 4.78 is 5.03. The Morgan fingerprint density at radius 2 is 1.88 bits per heavy atom. The maximum Gasteiger partial charge on any atom is 0.318 e. The van der Waals surface area contributed by atoms with Gasteiger partial charge in [0.15, 0.2) is 0 Å². The fourth-order valence-electron chi connectivity index (χ4n) is 3.38. The van der Waals surface area contributed by atoms with E-state index in [2.05, 4.69) is 48.6 Å². The second kappa shape index (κ2) is 7.49. The van der Waals surface area contributed by atoms with Gasteiger partial charge in [0.1, 0.15) is 0 Å². The van der Waals surface area contributed by atoms with Gasteiger partial charge in [0.25, 0.3) is 0 Å². The molecular formula is C20H24N2O2. The smallest absolute Gasteiger partial charge is 0.318 e. The van der Waals surface area contributed by atoms with Gasteiger partial charge in [-0.2, -0.15) is 0 Å². The van der Waals surface area contributed by atoms with Gasteiger partial charge in [-0.25, -0.2) is 4.79 Å². The first-order chi connectivity index (χ1) is 11.7. The van der Waals surface area contributed by atoms with E-state index in [-0.39, 0.29) is 12.1 Å². The predicted molar refractivity (Wildman–Crippen MR) is 95.1 cm³/mol. The average molecular weight is 324 g/mol. The van der Waals surface area contributed by atoms with E-state index in [9.17, 15) is 4.79 Å². The zero-order valence-electron chi connectivity index (χ0n) is 14.3. The Morgan fingerprint density at radius 1 is 1.17 bits per heavy atom. The van der Waals surface area contributed by atoms with Crippen molar-refractivity contribution in [2.45, 2.75) is 19.4 Å². The zero-order valence-corrected chi connectivity index (χ0v) is 14.3. The second-order valence-corrected chi connectivity index (χ2v) is 6.13. The van der Waals surface area contributed by atoms with Gasteiger partial charge in [0, 0.05) is 20.2 Å². The van der Waals surface area contributed by atoms with Crippen molar-refractivity contribution in [1.29, 1.82) is 0 Å². The molecule has 0 radical (unpaired) electrons. The summed E-state index contributed by atoms with van der Waals surface area (Å²) in [5, 5.41) is 2.97. The normalized spacial score (nSPS) is 16.6. The number of hydrogen-bond acceptors (Lipinski definition) is 2. The lowest BCUT2D eigenvalue weighted by molar-refractivity contribution is 0.168. The molecule has 24 heavy (non-hydrogen) atoms. The molecule has 2 aromatic rings. The largest absolute Gasteiger partial charge is 0.383 e. The number of benzene rings is 2. The van der Waals surface area contributed by atoms with E-state index in [1.807, 2.05) is 17.0 Å². The Morgan fingerprint density at radius 3 is 2.62 bits per heavy atom. The molecule has 1 N–H and O–H groups in total. The molecule has 0 bridgehead atoms. The average Bonchev–Trinajstić information content (AvgIpc) is 2.61. The number of hydrogen-bond donors (Lipinski definition) is 1. The van der Waals surface area contributed by atoms with Crippen molar-refractivity contribution in [2.24, 2.45) is 0 Å². The molecule has 0 fully saturated rings. The number of amides is 2. The lowest BCUT2D eigenvalue weighted by Gasteiger charge is -2.38. The summed E-state index contributed by atoms with van der Waals surface area (Å²) in [5.74, 6) is 0. The van der Waals surface area contributed by atoms with Crippen molar-refractivity contribution >= 4 is 6.03 Å². The third-order valence-electron chi connectivity index (χ3n) is 4.61. The molecule has 0 saturated heterocycles. The molecule has 2 amide bonds. The summed E-state index contributed by atoms with van der Waals surface area (Å²) >= 11 is 0. The Labute approximate surface area is 143 Å². The number of rotatable bonds is 4. The van der Waals surface area contributed by atoms with Crippen LogP contribution in [0.25, 0.3) is 0 Å². The van der Waals surface area contributed by atoms with Crippen LogP contribution in [0.3, 0.4) is 0 Å². The quantitative estimate of drug-likeness (QED) is 0.877. The number of carbonyl (C=O) groups is 1. The van der Waals surface area contributed by atoms with Gasteiger partial charge in [-0.1, -0.05) is 48.5 Å².